The molecule has 1 rings (SSSR count). The molecule has 0 aromatic heterocycles. The van der Waals surface area contributed by atoms with E-state index in [1.807, 2.05) is 0 Å². The van der Waals surface area contributed by atoms with Crippen LogP contribution in [0.2, 0.25) is 25.7 Å². The summed E-state index contributed by atoms with van der Waals surface area (Å²) in [6.07, 6.45) is 3.88. The van der Waals surface area contributed by atoms with Crippen LogP contribution >= 0.6 is 0 Å². The summed E-state index contributed by atoms with van der Waals surface area (Å²) in [5.74, 6) is 0. The van der Waals surface area contributed by atoms with Crippen LogP contribution in [0.3, 0.4) is 0 Å². The lowest BCUT2D eigenvalue weighted by Gasteiger charge is -2.24. The summed E-state index contributed by atoms with van der Waals surface area (Å²) in [4.78, 5) is 0. The van der Waals surface area contributed by atoms with Gasteiger partial charge in [0, 0.05) is 8.07 Å². The quantitative estimate of drug-likeness (QED) is 0.473. The smallest absolute Gasteiger partial charge is 0.0653 e. The highest BCUT2D eigenvalue weighted by Gasteiger charge is 2.18. The van der Waals surface area contributed by atoms with Crippen LogP contribution in [0.5, 0.6) is 0 Å². The second kappa shape index (κ2) is 3.75. The van der Waals surface area contributed by atoms with Crippen LogP contribution in [0.1, 0.15) is 13.3 Å². The van der Waals surface area contributed by atoms with Crippen LogP contribution in [-0.4, -0.2) is 20.8 Å². The number of rotatable bonds is 2. The lowest BCUT2D eigenvalue weighted by atomic mass is 10.1. The van der Waals surface area contributed by atoms with Gasteiger partial charge < -0.3 is 4.74 Å². The van der Waals surface area contributed by atoms with E-state index in [2.05, 4.69) is 32.6 Å². The zero-order valence-corrected chi connectivity index (χ0v) is 9.68. The van der Waals surface area contributed by atoms with E-state index >= 15 is 0 Å². The van der Waals surface area contributed by atoms with Gasteiger partial charge in [0.05, 0.1) is 12.7 Å². The molecule has 0 amide bonds. The van der Waals surface area contributed by atoms with Gasteiger partial charge in [0.15, 0.2) is 0 Å². The average Bonchev–Trinajstić information content (AvgIpc) is 1.82. The molecule has 0 bridgehead atoms. The lowest BCUT2D eigenvalue weighted by Crippen LogP contribution is -2.23. The summed E-state index contributed by atoms with van der Waals surface area (Å²) in [5.41, 5.74) is 1.63. The minimum atomic E-state index is -0.898. The van der Waals surface area contributed by atoms with E-state index < -0.39 is 8.07 Å². The third-order valence-corrected chi connectivity index (χ3v) is 3.57. The van der Waals surface area contributed by atoms with Gasteiger partial charge in [0.1, 0.15) is 0 Å². The molecule has 0 saturated carbocycles. The van der Waals surface area contributed by atoms with Crippen LogP contribution in [0, 0.1) is 0 Å². The van der Waals surface area contributed by atoms with E-state index in [0.717, 1.165) is 13.0 Å². The van der Waals surface area contributed by atoms with Crippen molar-refractivity contribution in [3.8, 4) is 0 Å². The molecule has 0 radical (unpaired) electrons. The summed E-state index contributed by atoms with van der Waals surface area (Å²) >= 11 is 0. The Morgan fingerprint density at radius 1 is 1.50 bits per heavy atom. The van der Waals surface area contributed by atoms with Crippen molar-refractivity contribution < 1.29 is 4.74 Å². The molecule has 0 aromatic carbocycles. The first-order valence-electron chi connectivity index (χ1n) is 4.77. The van der Waals surface area contributed by atoms with Gasteiger partial charge in [0.2, 0.25) is 0 Å². The Labute approximate surface area is 76.8 Å². The maximum absolute atomic E-state index is 5.46. The van der Waals surface area contributed by atoms with Crippen LogP contribution < -0.4 is 0 Å². The normalized spacial score (nSPS) is 25.3. The first-order chi connectivity index (χ1) is 5.47. The second-order valence-corrected chi connectivity index (χ2v) is 10.4. The fourth-order valence-corrected chi connectivity index (χ4v) is 3.32. The number of hydrogen-bond donors (Lipinski definition) is 0. The molecule has 2 heteroatoms. The van der Waals surface area contributed by atoms with Crippen molar-refractivity contribution in [2.75, 3.05) is 6.61 Å². The van der Waals surface area contributed by atoms with E-state index in [9.17, 15) is 0 Å². The summed E-state index contributed by atoms with van der Waals surface area (Å²) < 4.78 is 5.46. The maximum atomic E-state index is 5.46. The summed E-state index contributed by atoms with van der Waals surface area (Å²) in [6.45, 7) is 10.3. The monoisotopic (exact) mass is 184 g/mol. The van der Waals surface area contributed by atoms with Gasteiger partial charge in [-0.1, -0.05) is 31.3 Å². The molecule has 0 spiro atoms. The predicted octanol–water partition coefficient (Wildman–Crippen LogP) is 3.06. The summed E-state index contributed by atoms with van der Waals surface area (Å²) in [5, 5.41) is 0. The van der Waals surface area contributed by atoms with Gasteiger partial charge in [-0.15, -0.1) is 0 Å². The minimum absolute atomic E-state index is 0.446. The Bertz CT molecular complexity index is 179. The molecule has 12 heavy (non-hydrogen) atoms. The second-order valence-electron chi connectivity index (χ2n) is 4.95. The molecular formula is C10H20OSi. The fraction of sp³-hybridized carbons (Fsp3) is 0.800. The molecule has 1 aliphatic heterocycles. The topological polar surface area (TPSA) is 9.23 Å². The molecule has 0 aromatic rings. The van der Waals surface area contributed by atoms with Crippen molar-refractivity contribution in [2.45, 2.75) is 45.1 Å². The molecule has 0 N–H and O–H groups in total. The zero-order valence-electron chi connectivity index (χ0n) is 8.68. The van der Waals surface area contributed by atoms with Crippen LogP contribution in [0.25, 0.3) is 0 Å². The molecule has 1 nitrogen and oxygen atoms in total. The molecular weight excluding hydrogens is 164 g/mol. The van der Waals surface area contributed by atoms with Crippen molar-refractivity contribution in [1.29, 1.82) is 0 Å². The molecule has 1 aliphatic rings. The van der Waals surface area contributed by atoms with E-state index in [1.54, 1.807) is 5.57 Å². The van der Waals surface area contributed by atoms with Gasteiger partial charge >= 0.3 is 0 Å². The highest BCUT2D eigenvalue weighted by Crippen LogP contribution is 2.23. The molecule has 70 valence electrons. The molecule has 0 saturated heterocycles. The largest absolute Gasteiger partial charge is 0.374 e. The van der Waals surface area contributed by atoms with E-state index in [-0.39, 0.29) is 0 Å². The first-order valence-corrected chi connectivity index (χ1v) is 8.47. The summed E-state index contributed by atoms with van der Waals surface area (Å²) in [6, 6.07) is 1.35. The third kappa shape index (κ3) is 3.54. The van der Waals surface area contributed by atoms with Crippen molar-refractivity contribution in [3.63, 3.8) is 0 Å². The van der Waals surface area contributed by atoms with Gasteiger partial charge in [-0.2, -0.15) is 0 Å². The highest BCUT2D eigenvalue weighted by atomic mass is 28.3. The SMILES string of the molecule is CC1CC(C[Si](C)(C)C)=CCO1. The van der Waals surface area contributed by atoms with Gasteiger partial charge in [-0.05, 0) is 19.4 Å². The number of ether oxygens (including phenoxy) is 1. The Kier molecular flexibility index (Phi) is 3.13. The van der Waals surface area contributed by atoms with Gasteiger partial charge in [0.25, 0.3) is 0 Å². The zero-order chi connectivity index (χ0) is 9.19. The first kappa shape index (κ1) is 10.0. The Balaban J connectivity index is 2.47. The predicted molar refractivity (Wildman–Crippen MR) is 56.3 cm³/mol. The van der Waals surface area contributed by atoms with Gasteiger partial charge in [-0.3, -0.25) is 0 Å². The maximum Gasteiger partial charge on any atom is 0.0653 e. The van der Waals surface area contributed by atoms with E-state index in [4.69, 9.17) is 4.74 Å². The van der Waals surface area contributed by atoms with E-state index in [0.29, 0.717) is 6.10 Å². The average molecular weight is 184 g/mol. The molecule has 0 fully saturated rings. The van der Waals surface area contributed by atoms with Crippen molar-refractivity contribution >= 4 is 8.07 Å². The Morgan fingerprint density at radius 2 is 2.17 bits per heavy atom. The van der Waals surface area contributed by atoms with Crippen molar-refractivity contribution in [2.24, 2.45) is 0 Å². The minimum Gasteiger partial charge on any atom is -0.374 e. The molecule has 1 heterocycles. The fourth-order valence-electron chi connectivity index (χ4n) is 1.67. The van der Waals surface area contributed by atoms with Crippen LogP contribution in [0.4, 0.5) is 0 Å². The lowest BCUT2D eigenvalue weighted by molar-refractivity contribution is 0.0784. The van der Waals surface area contributed by atoms with Crippen molar-refractivity contribution in [1.82, 2.24) is 0 Å². The standard InChI is InChI=1S/C10H20OSi/c1-9-7-10(5-6-11-9)8-12(2,3)4/h5,9H,6-8H2,1-4H3. The molecule has 1 atom stereocenters. The van der Waals surface area contributed by atoms with Gasteiger partial charge in [-0.25, -0.2) is 0 Å². The molecule has 1 unspecified atom stereocenters. The van der Waals surface area contributed by atoms with E-state index in [1.165, 1.54) is 6.04 Å². The number of hydrogen-bond acceptors (Lipinski definition) is 1. The highest BCUT2D eigenvalue weighted by molar-refractivity contribution is 6.76. The molecule has 0 aliphatic carbocycles. The Hall–Kier alpha value is -0.0831. The van der Waals surface area contributed by atoms with Crippen LogP contribution in [-0.2, 0) is 4.74 Å². The van der Waals surface area contributed by atoms with Crippen LogP contribution in [0.15, 0.2) is 11.6 Å². The summed E-state index contributed by atoms with van der Waals surface area (Å²) in [7, 11) is -0.898. The Morgan fingerprint density at radius 3 is 2.67 bits per heavy atom. The third-order valence-electron chi connectivity index (χ3n) is 2.06. The van der Waals surface area contributed by atoms with Crippen molar-refractivity contribution in [3.05, 3.63) is 11.6 Å².